The molecule has 1 fully saturated rings. The molecular formula is C20H18ClF4N3O4. The molecule has 1 N–H and O–H groups in total. The smallest absolute Gasteiger partial charge is 0.383 e. The van der Waals surface area contributed by atoms with Crippen LogP contribution in [0.25, 0.3) is 11.3 Å². The molecule has 1 saturated carbocycles. The summed E-state index contributed by atoms with van der Waals surface area (Å²) >= 11 is 6.25. The molecule has 2 aliphatic rings. The van der Waals surface area contributed by atoms with Gasteiger partial charge in [-0.2, -0.15) is 18.3 Å². The Kier molecular flexibility index (Phi) is 5.54. The van der Waals surface area contributed by atoms with Crippen LogP contribution in [-0.4, -0.2) is 39.6 Å². The first-order chi connectivity index (χ1) is 15.0. The zero-order valence-corrected chi connectivity index (χ0v) is 17.7. The molecule has 0 bridgehead atoms. The average Bonchev–Trinajstić information content (AvgIpc) is 3.29. The van der Waals surface area contributed by atoms with Gasteiger partial charge < -0.3 is 14.7 Å². The fourth-order valence-corrected chi connectivity index (χ4v) is 4.62. The molecule has 2 heterocycles. The van der Waals surface area contributed by atoms with Crippen LogP contribution in [0.4, 0.5) is 17.6 Å². The molecule has 3 atom stereocenters. The number of oxime groups is 1. The van der Waals surface area contributed by atoms with Crippen molar-refractivity contribution in [2.24, 2.45) is 18.1 Å². The maximum atomic E-state index is 14.7. The van der Waals surface area contributed by atoms with Crippen LogP contribution in [0, 0.1) is 11.7 Å². The number of hydrogen-bond acceptors (Lipinski definition) is 6. The number of hydrogen-bond donors (Lipinski definition) is 1. The van der Waals surface area contributed by atoms with Crippen molar-refractivity contribution in [1.29, 1.82) is 0 Å². The van der Waals surface area contributed by atoms with Crippen LogP contribution >= 0.6 is 11.6 Å². The highest BCUT2D eigenvalue weighted by atomic mass is 35.5. The van der Waals surface area contributed by atoms with Crippen molar-refractivity contribution in [2.75, 3.05) is 7.11 Å². The molecule has 1 aliphatic carbocycles. The van der Waals surface area contributed by atoms with Gasteiger partial charge in [-0.1, -0.05) is 16.8 Å². The monoisotopic (exact) mass is 475 g/mol. The van der Waals surface area contributed by atoms with Crippen molar-refractivity contribution < 1.29 is 32.2 Å². The molecule has 4 rings (SSSR count). The fraction of sp³-hybridized carbons (Fsp3) is 0.450. The first kappa shape index (κ1) is 22.7. The number of nitrogens with zero attached hydrogens (tertiary/aromatic N) is 3. The van der Waals surface area contributed by atoms with E-state index in [0.717, 1.165) is 13.1 Å². The van der Waals surface area contributed by atoms with Gasteiger partial charge in [-0.25, -0.2) is 4.39 Å². The van der Waals surface area contributed by atoms with E-state index in [1.54, 1.807) is 0 Å². The maximum Gasteiger partial charge on any atom is 0.433 e. The molecule has 172 valence electrons. The minimum absolute atomic E-state index is 0.0352. The summed E-state index contributed by atoms with van der Waals surface area (Å²) in [4.78, 5) is 18.0. The van der Waals surface area contributed by atoms with Gasteiger partial charge in [-0.05, 0) is 31.4 Å². The van der Waals surface area contributed by atoms with E-state index in [-0.39, 0.29) is 16.1 Å². The van der Waals surface area contributed by atoms with Crippen molar-refractivity contribution >= 4 is 17.3 Å². The zero-order chi connectivity index (χ0) is 23.4. The summed E-state index contributed by atoms with van der Waals surface area (Å²) in [5, 5.41) is 18.0. The van der Waals surface area contributed by atoms with Gasteiger partial charge in [0.25, 0.3) is 0 Å². The number of alkyl halides is 3. The first-order valence-corrected chi connectivity index (χ1v) is 9.99. The first-order valence-electron chi connectivity index (χ1n) is 9.62. The Morgan fingerprint density at radius 1 is 1.34 bits per heavy atom. The molecule has 0 spiro atoms. The van der Waals surface area contributed by atoms with E-state index in [9.17, 15) is 27.5 Å². The Morgan fingerprint density at radius 3 is 2.72 bits per heavy atom. The third kappa shape index (κ3) is 3.48. The molecular weight excluding hydrogens is 458 g/mol. The second kappa shape index (κ2) is 7.82. The highest BCUT2D eigenvalue weighted by molar-refractivity contribution is 6.34. The molecule has 0 radical (unpaired) electrons. The lowest BCUT2D eigenvalue weighted by Gasteiger charge is -2.30. The molecule has 0 saturated heterocycles. The molecule has 2 aromatic rings. The van der Waals surface area contributed by atoms with Crippen molar-refractivity contribution in [3.05, 3.63) is 50.5 Å². The summed E-state index contributed by atoms with van der Waals surface area (Å²) in [5.74, 6) is -1.35. The highest BCUT2D eigenvalue weighted by Gasteiger charge is 2.57. The minimum atomic E-state index is -4.80. The number of rotatable bonds is 4. The van der Waals surface area contributed by atoms with Gasteiger partial charge >= 0.3 is 6.18 Å². The molecule has 1 aromatic heterocycles. The fourth-order valence-electron chi connectivity index (χ4n) is 4.37. The molecule has 1 aliphatic heterocycles. The number of halogens is 5. The number of ether oxygens (including phenoxy) is 1. The Morgan fingerprint density at radius 2 is 2.06 bits per heavy atom. The normalized spacial score (nSPS) is 23.6. The van der Waals surface area contributed by atoms with Gasteiger partial charge in [0.05, 0.1) is 16.7 Å². The number of aliphatic hydroxyl groups excluding tert-OH is 1. The number of aromatic nitrogens is 2. The zero-order valence-electron chi connectivity index (χ0n) is 16.9. The molecule has 7 nitrogen and oxygen atoms in total. The molecule has 1 aromatic carbocycles. The summed E-state index contributed by atoms with van der Waals surface area (Å²) < 4.78 is 59.5. The Balaban J connectivity index is 1.81. The second-order valence-corrected chi connectivity index (χ2v) is 8.14. The van der Waals surface area contributed by atoms with E-state index in [1.165, 1.54) is 13.2 Å². The topological polar surface area (TPSA) is 85.9 Å². The summed E-state index contributed by atoms with van der Waals surface area (Å²) in [6.45, 7) is 0. The number of methoxy groups -OCH3 is 1. The van der Waals surface area contributed by atoms with Crippen molar-refractivity contribution in [2.45, 2.75) is 37.3 Å². The lowest BCUT2D eigenvalue weighted by molar-refractivity contribution is -0.219. The highest BCUT2D eigenvalue weighted by Crippen LogP contribution is 2.48. The van der Waals surface area contributed by atoms with Gasteiger partial charge in [0.2, 0.25) is 5.43 Å². The van der Waals surface area contributed by atoms with Crippen molar-refractivity contribution in [3.63, 3.8) is 0 Å². The van der Waals surface area contributed by atoms with Crippen LogP contribution in [0.1, 0.15) is 30.5 Å². The number of aliphatic hydroxyl groups is 1. The quantitative estimate of drug-likeness (QED) is 0.540. The standard InChI is InChI=1S/C20H18ClF4N3O4/c1-28-15(20(23,24)25)8-14(29)17(26-28)10-6-9(12(21)7-13(10)22)16-11-4-3-5-19(11,32-27-16)18(30)31-2/h6-8,11,18,30H,3-5H2,1-2H3. The number of benzene rings is 1. The van der Waals surface area contributed by atoms with Crippen LogP contribution in [0.5, 0.6) is 0 Å². The summed E-state index contributed by atoms with van der Waals surface area (Å²) in [6, 6.07) is 2.52. The lowest BCUT2D eigenvalue weighted by Crippen LogP contribution is -2.47. The Bertz CT molecular complexity index is 1170. The van der Waals surface area contributed by atoms with E-state index in [2.05, 4.69) is 10.3 Å². The van der Waals surface area contributed by atoms with E-state index >= 15 is 0 Å². The predicted octanol–water partition coefficient (Wildman–Crippen LogP) is 3.50. The van der Waals surface area contributed by atoms with E-state index in [4.69, 9.17) is 21.2 Å². The van der Waals surface area contributed by atoms with Crippen LogP contribution in [-0.2, 0) is 22.8 Å². The van der Waals surface area contributed by atoms with E-state index in [1.807, 2.05) is 0 Å². The van der Waals surface area contributed by atoms with Crippen LogP contribution in [0.3, 0.4) is 0 Å². The Labute approximate surface area is 184 Å². The summed E-state index contributed by atoms with van der Waals surface area (Å²) in [6.07, 6.45) is -4.31. The Hall–Kier alpha value is -2.50. The largest absolute Gasteiger partial charge is 0.433 e. The predicted molar refractivity (Wildman–Crippen MR) is 106 cm³/mol. The van der Waals surface area contributed by atoms with Gasteiger partial charge in [0, 0.05) is 31.4 Å². The second-order valence-electron chi connectivity index (χ2n) is 7.73. The number of aryl methyl sites for hydroxylation is 1. The molecule has 3 unspecified atom stereocenters. The van der Waals surface area contributed by atoms with Crippen LogP contribution in [0.2, 0.25) is 5.02 Å². The average molecular weight is 476 g/mol. The summed E-state index contributed by atoms with van der Waals surface area (Å²) in [5.41, 5.74) is -3.77. The molecule has 32 heavy (non-hydrogen) atoms. The van der Waals surface area contributed by atoms with Gasteiger partial charge in [0.15, 0.2) is 11.9 Å². The van der Waals surface area contributed by atoms with Crippen LogP contribution < -0.4 is 5.43 Å². The number of fused-ring (bicyclic) bond motifs is 1. The third-order valence-electron chi connectivity index (χ3n) is 5.91. The van der Waals surface area contributed by atoms with Crippen molar-refractivity contribution in [3.8, 4) is 11.3 Å². The molecule has 0 amide bonds. The summed E-state index contributed by atoms with van der Waals surface area (Å²) in [7, 11) is 2.33. The SMILES string of the molecule is COC(O)C12CCCC1C(c1cc(-c3nn(C)c(C(F)(F)F)cc3=O)c(F)cc1Cl)=NO2. The van der Waals surface area contributed by atoms with Gasteiger partial charge in [-0.15, -0.1) is 0 Å². The molecule has 12 heteroatoms. The third-order valence-corrected chi connectivity index (χ3v) is 6.23. The maximum absolute atomic E-state index is 14.7. The lowest BCUT2D eigenvalue weighted by atomic mass is 9.83. The van der Waals surface area contributed by atoms with Gasteiger partial charge in [0.1, 0.15) is 17.2 Å². The van der Waals surface area contributed by atoms with E-state index in [0.29, 0.717) is 35.7 Å². The minimum Gasteiger partial charge on any atom is -0.383 e. The van der Waals surface area contributed by atoms with Crippen molar-refractivity contribution in [1.82, 2.24) is 9.78 Å². The van der Waals surface area contributed by atoms with Crippen LogP contribution in [0.15, 0.2) is 28.1 Å². The van der Waals surface area contributed by atoms with Gasteiger partial charge in [-0.3, -0.25) is 9.48 Å². The van der Waals surface area contributed by atoms with E-state index < -0.39 is 46.6 Å².